The van der Waals surface area contributed by atoms with Gasteiger partial charge >= 0.3 is 5.97 Å². The second-order valence-corrected chi connectivity index (χ2v) is 1.90. The molecule has 4 nitrogen and oxygen atoms in total. The van der Waals surface area contributed by atoms with Gasteiger partial charge in [-0.2, -0.15) is 5.26 Å². The Morgan fingerprint density at radius 3 is 2.42 bits per heavy atom. The maximum absolute atomic E-state index is 10.6. The molecular weight excluding hydrogens is 175 g/mol. The van der Waals surface area contributed by atoms with Crippen LogP contribution in [0.4, 0.5) is 0 Å². The van der Waals surface area contributed by atoms with Crippen molar-refractivity contribution in [3.8, 4) is 5.75 Å². The zero-order chi connectivity index (χ0) is 8.27. The Morgan fingerprint density at radius 1 is 1.33 bits per heavy atom. The molecule has 1 aromatic carbocycles. The van der Waals surface area contributed by atoms with Crippen molar-refractivity contribution >= 4 is 23.3 Å². The molecule has 0 aliphatic heterocycles. The number of phenols is 1. The van der Waals surface area contributed by atoms with Crippen molar-refractivity contribution < 1.29 is 20.0 Å². The van der Waals surface area contributed by atoms with Gasteiger partial charge in [0, 0.05) is 0 Å². The summed E-state index contributed by atoms with van der Waals surface area (Å²) in [6.45, 7) is 0. The minimum absolute atomic E-state index is 0. The normalized spacial score (nSPS) is 8.42. The van der Waals surface area contributed by atoms with Crippen LogP contribution in [0.5, 0.6) is 5.75 Å². The zero-order valence-electron chi connectivity index (χ0n) is 5.52. The van der Waals surface area contributed by atoms with Crippen molar-refractivity contribution in [1.82, 2.24) is 0 Å². The van der Waals surface area contributed by atoms with Crippen LogP contribution in [0.2, 0.25) is 0 Å². The maximum Gasteiger partial charge on any atom is 0.376 e. The van der Waals surface area contributed by atoms with Gasteiger partial charge in [-0.1, -0.05) is 12.1 Å². The Labute approximate surface area is 79.5 Å². The molecule has 2 N–H and O–H groups in total. The fourth-order valence-electron chi connectivity index (χ4n) is 0.695. The van der Waals surface area contributed by atoms with Crippen LogP contribution in [-0.2, 0) is 4.89 Å². The molecule has 0 radical (unpaired) electrons. The Morgan fingerprint density at radius 2 is 1.92 bits per heavy atom. The highest BCUT2D eigenvalue weighted by atomic mass is 27.0. The standard InChI is InChI=1S/C7H6O4.Al.3H/c8-6-4-2-1-3-5(6)7(9)11-10;;;;/h1-4,8,10H;;;;. The molecule has 0 aromatic heterocycles. The quantitative estimate of drug-likeness (QED) is 0.361. The number of rotatable bonds is 1. The van der Waals surface area contributed by atoms with Crippen LogP contribution in [0, 0.1) is 0 Å². The van der Waals surface area contributed by atoms with Crippen molar-refractivity contribution in [3.63, 3.8) is 0 Å². The molecule has 0 saturated carbocycles. The molecule has 1 rings (SSSR count). The van der Waals surface area contributed by atoms with E-state index in [0.29, 0.717) is 0 Å². The monoisotopic (exact) mass is 184 g/mol. The van der Waals surface area contributed by atoms with E-state index >= 15 is 0 Å². The van der Waals surface area contributed by atoms with Crippen molar-refractivity contribution in [1.29, 1.82) is 0 Å². The number of carbonyl (C=O) groups is 1. The summed E-state index contributed by atoms with van der Waals surface area (Å²) in [4.78, 5) is 14.0. The summed E-state index contributed by atoms with van der Waals surface area (Å²) in [5.74, 6) is -1.19. The molecule has 0 heterocycles. The van der Waals surface area contributed by atoms with E-state index in [1.54, 1.807) is 12.1 Å². The summed E-state index contributed by atoms with van der Waals surface area (Å²) in [6, 6.07) is 5.77. The Kier molecular flexibility index (Phi) is 4.37. The fraction of sp³-hybridized carbons (Fsp3) is 0. The lowest BCUT2D eigenvalue weighted by molar-refractivity contribution is -0.182. The molecule has 5 heteroatoms. The van der Waals surface area contributed by atoms with E-state index in [1.807, 2.05) is 0 Å². The molecule has 0 bridgehead atoms. The van der Waals surface area contributed by atoms with E-state index in [9.17, 15) is 4.79 Å². The molecule has 64 valence electrons. The van der Waals surface area contributed by atoms with E-state index in [4.69, 9.17) is 10.4 Å². The summed E-state index contributed by atoms with van der Waals surface area (Å²) in [5, 5.41) is 17.0. The van der Waals surface area contributed by atoms with Gasteiger partial charge in [0.1, 0.15) is 11.3 Å². The molecule has 0 aliphatic rings. The zero-order valence-corrected chi connectivity index (χ0v) is 5.52. The summed E-state index contributed by atoms with van der Waals surface area (Å²) in [7, 11) is 0. The summed E-state index contributed by atoms with van der Waals surface area (Å²) < 4.78 is 0. The molecule has 0 unspecified atom stereocenters. The highest BCUT2D eigenvalue weighted by Crippen LogP contribution is 2.15. The summed E-state index contributed by atoms with van der Waals surface area (Å²) >= 11 is 0. The first kappa shape index (κ1) is 11.0. The maximum atomic E-state index is 10.6. The summed E-state index contributed by atoms with van der Waals surface area (Å²) in [5.41, 5.74) is -0.0602. The first-order valence-corrected chi connectivity index (χ1v) is 2.89. The van der Waals surface area contributed by atoms with Crippen LogP contribution >= 0.6 is 0 Å². The summed E-state index contributed by atoms with van der Waals surface area (Å²) in [6.07, 6.45) is 0. The van der Waals surface area contributed by atoms with Crippen molar-refractivity contribution in [2.45, 2.75) is 0 Å². The first-order chi connectivity index (χ1) is 5.25. The van der Waals surface area contributed by atoms with Gasteiger partial charge < -0.3 is 5.11 Å². The van der Waals surface area contributed by atoms with E-state index in [0.717, 1.165) is 0 Å². The molecule has 1 aromatic rings. The third-order valence-corrected chi connectivity index (χ3v) is 1.21. The number of aromatic hydroxyl groups is 1. The lowest BCUT2D eigenvalue weighted by atomic mass is 10.2. The average molecular weight is 184 g/mol. The van der Waals surface area contributed by atoms with Gasteiger partial charge in [0.2, 0.25) is 0 Å². The number of carbonyl (C=O) groups excluding carboxylic acids is 1. The molecule has 0 saturated heterocycles. The van der Waals surface area contributed by atoms with Crippen LogP contribution in [0.15, 0.2) is 24.3 Å². The smallest absolute Gasteiger partial charge is 0.376 e. The molecular formula is C7H9AlO4. The van der Waals surface area contributed by atoms with Crippen LogP contribution < -0.4 is 0 Å². The molecule has 0 spiro atoms. The Hall–Kier alpha value is -1.02. The van der Waals surface area contributed by atoms with Crippen LogP contribution in [-0.4, -0.2) is 33.7 Å². The van der Waals surface area contributed by atoms with Crippen LogP contribution in [0.1, 0.15) is 10.4 Å². The lowest BCUT2D eigenvalue weighted by Gasteiger charge is -1.97. The highest BCUT2D eigenvalue weighted by molar-refractivity contribution is 5.91. The van der Waals surface area contributed by atoms with Crippen LogP contribution in [0.3, 0.4) is 0 Å². The van der Waals surface area contributed by atoms with E-state index in [-0.39, 0.29) is 28.7 Å². The minimum Gasteiger partial charge on any atom is -0.507 e. The first-order valence-electron chi connectivity index (χ1n) is 2.89. The Balaban J connectivity index is 0.00000121. The van der Waals surface area contributed by atoms with E-state index in [1.165, 1.54) is 12.1 Å². The number of benzene rings is 1. The molecule has 0 atom stereocenters. The molecule has 12 heavy (non-hydrogen) atoms. The second kappa shape index (κ2) is 4.78. The number of hydrogen-bond donors (Lipinski definition) is 2. The third-order valence-electron chi connectivity index (χ3n) is 1.21. The number of para-hydroxylation sites is 1. The van der Waals surface area contributed by atoms with Gasteiger partial charge in [-0.05, 0) is 12.1 Å². The largest absolute Gasteiger partial charge is 0.507 e. The van der Waals surface area contributed by atoms with Crippen molar-refractivity contribution in [2.24, 2.45) is 0 Å². The van der Waals surface area contributed by atoms with Gasteiger partial charge in [0.15, 0.2) is 17.4 Å². The minimum atomic E-state index is -0.969. The molecule has 0 aliphatic carbocycles. The molecule has 0 fully saturated rings. The van der Waals surface area contributed by atoms with Gasteiger partial charge in [-0.15, -0.1) is 0 Å². The highest BCUT2D eigenvalue weighted by Gasteiger charge is 2.10. The van der Waals surface area contributed by atoms with Gasteiger partial charge in [-0.3, -0.25) is 4.89 Å². The van der Waals surface area contributed by atoms with E-state index in [2.05, 4.69) is 4.89 Å². The van der Waals surface area contributed by atoms with Gasteiger partial charge in [-0.25, -0.2) is 4.79 Å². The van der Waals surface area contributed by atoms with Crippen molar-refractivity contribution in [3.05, 3.63) is 29.8 Å². The number of hydrogen-bond acceptors (Lipinski definition) is 4. The van der Waals surface area contributed by atoms with Crippen molar-refractivity contribution in [2.75, 3.05) is 0 Å². The van der Waals surface area contributed by atoms with E-state index < -0.39 is 5.97 Å². The third kappa shape index (κ3) is 2.24. The lowest BCUT2D eigenvalue weighted by Crippen LogP contribution is -2.01. The SMILES string of the molecule is O=C(OO)c1ccccc1O.[AlH3]. The number of phenolic OH excluding ortho intramolecular Hbond substituents is 1. The van der Waals surface area contributed by atoms with Gasteiger partial charge in [0.05, 0.1) is 0 Å². The predicted octanol–water partition coefficient (Wildman–Crippen LogP) is -0.162. The van der Waals surface area contributed by atoms with Crippen LogP contribution in [0.25, 0.3) is 0 Å². The second-order valence-electron chi connectivity index (χ2n) is 1.90. The predicted molar refractivity (Wildman–Crippen MR) is 46.1 cm³/mol. The van der Waals surface area contributed by atoms with Gasteiger partial charge in [0.25, 0.3) is 0 Å². The topological polar surface area (TPSA) is 66.8 Å². The average Bonchev–Trinajstić information content (AvgIpc) is 2.04. The Bertz CT molecular complexity index is 274. The fourth-order valence-corrected chi connectivity index (χ4v) is 0.695. The molecule has 0 amide bonds.